The molecule has 0 spiro atoms. The Bertz CT molecular complexity index is 608. The minimum absolute atomic E-state index is 0.121. The van der Waals surface area contributed by atoms with Crippen molar-refractivity contribution in [2.24, 2.45) is 0 Å². The van der Waals surface area contributed by atoms with Gasteiger partial charge in [-0.15, -0.1) is 0 Å². The molecule has 2 rings (SSSR count). The van der Waals surface area contributed by atoms with Crippen LogP contribution in [0.2, 0.25) is 0 Å². The Morgan fingerprint density at radius 2 is 2.00 bits per heavy atom. The molecule has 0 saturated heterocycles. The van der Waals surface area contributed by atoms with Gasteiger partial charge in [-0.3, -0.25) is 4.79 Å². The molecule has 17 heavy (non-hydrogen) atoms. The molecule has 0 amide bonds. The van der Waals surface area contributed by atoms with Crippen LogP contribution in [0.5, 0.6) is 0 Å². The van der Waals surface area contributed by atoms with Crippen molar-refractivity contribution in [3.63, 3.8) is 0 Å². The van der Waals surface area contributed by atoms with Crippen LogP contribution in [0.25, 0.3) is 0 Å². The smallest absolute Gasteiger partial charge is 0.267 e. The molecule has 0 bridgehead atoms. The zero-order chi connectivity index (χ0) is 12.4. The van der Waals surface area contributed by atoms with Crippen LogP contribution in [0.15, 0.2) is 35.3 Å². The summed E-state index contributed by atoms with van der Waals surface area (Å²) in [7, 11) is 0. The fraction of sp³-hybridized carbons (Fsp3) is 0.167. The van der Waals surface area contributed by atoms with Crippen molar-refractivity contribution in [1.29, 1.82) is 0 Å². The van der Waals surface area contributed by atoms with Gasteiger partial charge < -0.3 is 0 Å². The lowest BCUT2D eigenvalue weighted by Crippen LogP contribution is -2.22. The molecule has 0 atom stereocenters. The zero-order valence-corrected chi connectivity index (χ0v) is 9.15. The summed E-state index contributed by atoms with van der Waals surface area (Å²) < 4.78 is 26.9. The molecule has 0 aliphatic heterocycles. The van der Waals surface area contributed by atoms with Gasteiger partial charge in [0.05, 0.1) is 12.7 Å². The lowest BCUT2D eigenvalue weighted by molar-refractivity contribution is 0.505. The molecule has 3 nitrogen and oxygen atoms in total. The predicted octanol–water partition coefficient (Wildman–Crippen LogP) is 1.88. The predicted molar refractivity (Wildman–Crippen MR) is 58.7 cm³/mol. The number of aromatic nitrogens is 2. The molecule has 0 unspecified atom stereocenters. The van der Waals surface area contributed by atoms with Gasteiger partial charge in [0.25, 0.3) is 5.56 Å². The van der Waals surface area contributed by atoms with Crippen LogP contribution in [0, 0.1) is 18.6 Å². The third kappa shape index (κ3) is 2.55. The van der Waals surface area contributed by atoms with E-state index in [1.54, 1.807) is 13.1 Å². The number of halogens is 2. The van der Waals surface area contributed by atoms with Crippen molar-refractivity contribution in [1.82, 2.24) is 9.78 Å². The van der Waals surface area contributed by atoms with E-state index < -0.39 is 11.6 Å². The number of benzene rings is 1. The van der Waals surface area contributed by atoms with Gasteiger partial charge >= 0.3 is 0 Å². The lowest BCUT2D eigenvalue weighted by atomic mass is 10.2. The highest BCUT2D eigenvalue weighted by Crippen LogP contribution is 2.09. The second kappa shape index (κ2) is 4.45. The molecule has 0 aliphatic rings. The van der Waals surface area contributed by atoms with E-state index in [1.165, 1.54) is 16.8 Å². The first kappa shape index (κ1) is 11.4. The van der Waals surface area contributed by atoms with Gasteiger partial charge in [0, 0.05) is 6.07 Å². The van der Waals surface area contributed by atoms with Crippen molar-refractivity contribution < 1.29 is 8.78 Å². The molecule has 1 aromatic heterocycles. The molecule has 0 N–H and O–H groups in total. The summed E-state index contributed by atoms with van der Waals surface area (Å²) in [6.45, 7) is 1.88. The summed E-state index contributed by atoms with van der Waals surface area (Å²) in [4.78, 5) is 11.5. The van der Waals surface area contributed by atoms with E-state index >= 15 is 0 Å². The second-order valence-corrected chi connectivity index (χ2v) is 3.78. The Hall–Kier alpha value is -2.04. The van der Waals surface area contributed by atoms with Gasteiger partial charge in [-0.1, -0.05) is 6.07 Å². The molecule has 0 saturated carbocycles. The van der Waals surface area contributed by atoms with E-state index in [0.717, 1.165) is 17.7 Å². The van der Waals surface area contributed by atoms with Crippen molar-refractivity contribution >= 4 is 0 Å². The maximum Gasteiger partial charge on any atom is 0.267 e. The molecule has 0 radical (unpaired) electrons. The SMILES string of the molecule is Cc1cnn(Cc2ccc(F)c(F)c2)c(=O)c1. The van der Waals surface area contributed by atoms with E-state index in [1.807, 2.05) is 0 Å². The van der Waals surface area contributed by atoms with Gasteiger partial charge in [-0.2, -0.15) is 5.10 Å². The van der Waals surface area contributed by atoms with Crippen LogP contribution in [0.1, 0.15) is 11.1 Å². The first-order valence-electron chi connectivity index (χ1n) is 5.04. The van der Waals surface area contributed by atoms with E-state index in [4.69, 9.17) is 0 Å². The summed E-state index contributed by atoms with van der Waals surface area (Å²) in [5.74, 6) is -1.83. The highest BCUT2D eigenvalue weighted by atomic mass is 19.2. The third-order valence-corrected chi connectivity index (χ3v) is 2.32. The van der Waals surface area contributed by atoms with E-state index in [-0.39, 0.29) is 12.1 Å². The molecule has 0 aliphatic carbocycles. The van der Waals surface area contributed by atoms with E-state index in [0.29, 0.717) is 5.56 Å². The average molecular weight is 236 g/mol. The Morgan fingerprint density at radius 3 is 2.65 bits per heavy atom. The standard InChI is InChI=1S/C12H10F2N2O/c1-8-4-12(17)16(15-6-8)7-9-2-3-10(13)11(14)5-9/h2-6H,7H2,1H3. The first-order chi connectivity index (χ1) is 8.06. The maximum atomic E-state index is 13.0. The monoisotopic (exact) mass is 236 g/mol. The zero-order valence-electron chi connectivity index (χ0n) is 9.15. The van der Waals surface area contributed by atoms with Crippen LogP contribution in [0.4, 0.5) is 8.78 Å². The number of aryl methyl sites for hydroxylation is 1. The summed E-state index contributed by atoms with van der Waals surface area (Å²) in [5, 5.41) is 3.91. The quantitative estimate of drug-likeness (QED) is 0.798. The van der Waals surface area contributed by atoms with E-state index in [2.05, 4.69) is 5.10 Å². The third-order valence-electron chi connectivity index (χ3n) is 2.32. The van der Waals surface area contributed by atoms with Gasteiger partial charge in [0.1, 0.15) is 0 Å². The fourth-order valence-electron chi connectivity index (χ4n) is 1.45. The maximum absolute atomic E-state index is 13.0. The summed E-state index contributed by atoms with van der Waals surface area (Å²) in [6.07, 6.45) is 1.54. The van der Waals surface area contributed by atoms with Crippen molar-refractivity contribution in [2.45, 2.75) is 13.5 Å². The molecule has 1 aromatic carbocycles. The first-order valence-corrected chi connectivity index (χ1v) is 5.04. The van der Waals surface area contributed by atoms with Crippen molar-refractivity contribution in [2.75, 3.05) is 0 Å². The van der Waals surface area contributed by atoms with Crippen molar-refractivity contribution in [3.8, 4) is 0 Å². The molecular formula is C12H10F2N2O. The summed E-state index contributed by atoms with van der Waals surface area (Å²) in [6, 6.07) is 4.95. The van der Waals surface area contributed by atoms with Gasteiger partial charge in [-0.05, 0) is 30.2 Å². The second-order valence-electron chi connectivity index (χ2n) is 3.78. The normalized spacial score (nSPS) is 10.5. The minimum Gasteiger partial charge on any atom is -0.268 e. The number of nitrogens with zero attached hydrogens (tertiary/aromatic N) is 2. The van der Waals surface area contributed by atoms with Gasteiger partial charge in [0.15, 0.2) is 11.6 Å². The number of hydrogen-bond donors (Lipinski definition) is 0. The summed E-state index contributed by atoms with van der Waals surface area (Å²) >= 11 is 0. The van der Waals surface area contributed by atoms with Crippen LogP contribution in [0.3, 0.4) is 0 Å². The largest absolute Gasteiger partial charge is 0.268 e. The Kier molecular flexibility index (Phi) is 2.99. The molecule has 5 heteroatoms. The van der Waals surface area contributed by atoms with Crippen LogP contribution in [-0.4, -0.2) is 9.78 Å². The number of rotatable bonds is 2. The van der Waals surface area contributed by atoms with Crippen LogP contribution in [-0.2, 0) is 6.54 Å². The van der Waals surface area contributed by atoms with Gasteiger partial charge in [0.2, 0.25) is 0 Å². The van der Waals surface area contributed by atoms with Crippen molar-refractivity contribution in [3.05, 3.63) is 63.6 Å². The molecule has 88 valence electrons. The topological polar surface area (TPSA) is 34.9 Å². The minimum atomic E-state index is -0.928. The molecular weight excluding hydrogens is 226 g/mol. The van der Waals surface area contributed by atoms with Crippen LogP contribution >= 0.6 is 0 Å². The molecule has 2 aromatic rings. The highest BCUT2D eigenvalue weighted by Gasteiger charge is 2.04. The van der Waals surface area contributed by atoms with E-state index in [9.17, 15) is 13.6 Å². The Morgan fingerprint density at radius 1 is 1.24 bits per heavy atom. The lowest BCUT2D eigenvalue weighted by Gasteiger charge is -2.05. The average Bonchev–Trinajstić information content (AvgIpc) is 2.27. The molecule has 1 heterocycles. The highest BCUT2D eigenvalue weighted by molar-refractivity contribution is 5.18. The fourth-order valence-corrected chi connectivity index (χ4v) is 1.45. The Labute approximate surface area is 96.3 Å². The number of hydrogen-bond acceptors (Lipinski definition) is 2. The molecule has 0 fully saturated rings. The van der Waals surface area contributed by atoms with Crippen LogP contribution < -0.4 is 5.56 Å². The summed E-state index contributed by atoms with van der Waals surface area (Å²) in [5.41, 5.74) is 0.980. The Balaban J connectivity index is 2.31. The van der Waals surface area contributed by atoms with Gasteiger partial charge in [-0.25, -0.2) is 13.5 Å².